The highest BCUT2D eigenvalue weighted by atomic mass is 19.1. The molecule has 120 valence electrons. The van der Waals surface area contributed by atoms with Gasteiger partial charge in [-0.15, -0.1) is 0 Å². The molecule has 2 aromatic rings. The molecule has 5 heteroatoms. The van der Waals surface area contributed by atoms with Crippen LogP contribution >= 0.6 is 0 Å². The summed E-state index contributed by atoms with van der Waals surface area (Å²) >= 11 is 0. The van der Waals surface area contributed by atoms with Gasteiger partial charge in [0, 0.05) is 18.3 Å². The van der Waals surface area contributed by atoms with Crippen molar-refractivity contribution >= 4 is 12.0 Å². The lowest BCUT2D eigenvalue weighted by atomic mass is 10.0. The Hall–Kier alpha value is -2.53. The lowest BCUT2D eigenvalue weighted by Crippen LogP contribution is -2.32. The normalized spacial score (nSPS) is 13.7. The molecular weight excluding hydrogens is 295 g/mol. The van der Waals surface area contributed by atoms with Crippen molar-refractivity contribution in [3.8, 4) is 0 Å². The van der Waals surface area contributed by atoms with Crippen LogP contribution in [0, 0.1) is 5.82 Å². The number of aliphatic hydroxyl groups excluding tert-OH is 1. The van der Waals surface area contributed by atoms with Crippen LogP contribution in [0.3, 0.4) is 0 Å². The highest BCUT2D eigenvalue weighted by Gasteiger charge is 2.13. The third-order valence-corrected chi connectivity index (χ3v) is 3.30. The second-order valence-electron chi connectivity index (χ2n) is 5.34. The zero-order valence-corrected chi connectivity index (χ0v) is 12.8. The summed E-state index contributed by atoms with van der Waals surface area (Å²) in [5, 5.41) is 12.9. The van der Waals surface area contributed by atoms with Crippen LogP contribution in [0.4, 0.5) is 4.39 Å². The number of nitrogens with one attached hydrogen (secondary N) is 1. The Morgan fingerprint density at radius 3 is 2.78 bits per heavy atom. The molecule has 2 N–H and O–H groups in total. The zero-order valence-electron chi connectivity index (χ0n) is 12.8. The summed E-state index contributed by atoms with van der Waals surface area (Å²) in [5.74, 6) is -0.756. The number of hydrogen-bond acceptors (Lipinski definition) is 3. The van der Waals surface area contributed by atoms with Gasteiger partial charge in [-0.3, -0.25) is 9.78 Å². The van der Waals surface area contributed by atoms with Gasteiger partial charge in [-0.1, -0.05) is 30.3 Å². The largest absolute Gasteiger partial charge is 0.388 e. The van der Waals surface area contributed by atoms with Crippen LogP contribution in [0.25, 0.3) is 6.08 Å². The Kier molecular flexibility index (Phi) is 6.00. The third kappa shape index (κ3) is 5.64. The van der Waals surface area contributed by atoms with Crippen molar-refractivity contribution in [1.29, 1.82) is 0 Å². The number of amides is 1. The van der Waals surface area contributed by atoms with Gasteiger partial charge in [0.2, 0.25) is 5.91 Å². The van der Waals surface area contributed by atoms with Gasteiger partial charge in [0.25, 0.3) is 0 Å². The molecular formula is C18H19FN2O2. The van der Waals surface area contributed by atoms with Crippen LogP contribution in [0.2, 0.25) is 0 Å². The van der Waals surface area contributed by atoms with Crippen LogP contribution in [0.1, 0.15) is 30.6 Å². The molecule has 0 aliphatic heterocycles. The van der Waals surface area contributed by atoms with Gasteiger partial charge < -0.3 is 10.4 Å². The van der Waals surface area contributed by atoms with Gasteiger partial charge in [-0.25, -0.2) is 4.39 Å². The molecule has 4 nitrogen and oxygen atoms in total. The molecule has 1 aromatic carbocycles. The molecule has 2 rings (SSSR count). The third-order valence-electron chi connectivity index (χ3n) is 3.30. The maximum atomic E-state index is 13.0. The zero-order chi connectivity index (χ0) is 16.7. The predicted molar refractivity (Wildman–Crippen MR) is 86.9 cm³/mol. The molecule has 0 bridgehead atoms. The quantitative estimate of drug-likeness (QED) is 0.806. The average molecular weight is 314 g/mol. The van der Waals surface area contributed by atoms with Crippen LogP contribution in [0.15, 0.2) is 54.9 Å². The molecule has 1 amide bonds. The first-order valence-corrected chi connectivity index (χ1v) is 7.36. The summed E-state index contributed by atoms with van der Waals surface area (Å²) in [6, 6.07) is 10.4. The monoisotopic (exact) mass is 314 g/mol. The van der Waals surface area contributed by atoms with Crippen molar-refractivity contribution < 1.29 is 14.3 Å². The van der Waals surface area contributed by atoms with E-state index >= 15 is 0 Å². The van der Waals surface area contributed by atoms with E-state index in [0.29, 0.717) is 12.0 Å². The van der Waals surface area contributed by atoms with E-state index in [9.17, 15) is 14.3 Å². The second kappa shape index (κ2) is 8.19. The Morgan fingerprint density at radius 2 is 2.09 bits per heavy atom. The van der Waals surface area contributed by atoms with Gasteiger partial charge in [-0.05, 0) is 36.6 Å². The van der Waals surface area contributed by atoms with Crippen molar-refractivity contribution in [2.45, 2.75) is 25.5 Å². The van der Waals surface area contributed by atoms with E-state index in [1.165, 1.54) is 24.4 Å². The van der Waals surface area contributed by atoms with E-state index in [1.807, 2.05) is 37.3 Å². The minimum absolute atomic E-state index is 0.201. The number of carbonyl (C=O) groups excluding carboxylic acids is 1. The van der Waals surface area contributed by atoms with E-state index in [-0.39, 0.29) is 11.9 Å². The lowest BCUT2D eigenvalue weighted by Gasteiger charge is -2.17. The Bertz CT molecular complexity index is 674. The molecule has 0 aliphatic rings. The minimum atomic E-state index is -0.636. The van der Waals surface area contributed by atoms with Gasteiger partial charge in [0.05, 0.1) is 12.3 Å². The molecule has 23 heavy (non-hydrogen) atoms. The number of rotatable bonds is 6. The summed E-state index contributed by atoms with van der Waals surface area (Å²) < 4.78 is 13.0. The van der Waals surface area contributed by atoms with Crippen molar-refractivity contribution in [1.82, 2.24) is 10.3 Å². The average Bonchev–Trinajstić information content (AvgIpc) is 2.53. The fourth-order valence-corrected chi connectivity index (χ4v) is 2.19. The first kappa shape index (κ1) is 16.8. The van der Waals surface area contributed by atoms with Crippen LogP contribution in [-0.2, 0) is 4.79 Å². The van der Waals surface area contributed by atoms with E-state index in [0.717, 1.165) is 11.8 Å². The van der Waals surface area contributed by atoms with E-state index in [2.05, 4.69) is 10.3 Å². The van der Waals surface area contributed by atoms with Crippen molar-refractivity contribution in [3.63, 3.8) is 0 Å². The summed E-state index contributed by atoms with van der Waals surface area (Å²) in [6.45, 7) is 1.82. The smallest absolute Gasteiger partial charge is 0.244 e. The molecule has 0 aliphatic carbocycles. The van der Waals surface area contributed by atoms with Crippen LogP contribution < -0.4 is 5.32 Å². The molecule has 2 unspecified atom stereocenters. The van der Waals surface area contributed by atoms with Crippen LogP contribution in [0.5, 0.6) is 0 Å². The lowest BCUT2D eigenvalue weighted by molar-refractivity contribution is -0.117. The highest BCUT2D eigenvalue weighted by Crippen LogP contribution is 2.17. The number of carbonyl (C=O) groups is 1. The molecule has 1 aromatic heterocycles. The maximum absolute atomic E-state index is 13.0. The van der Waals surface area contributed by atoms with E-state index in [1.54, 1.807) is 0 Å². The SMILES string of the molecule is CC(CC(O)c1ccccc1)NC(=O)/C=C/c1cncc(F)c1. The van der Waals surface area contributed by atoms with Crippen molar-refractivity contribution in [3.05, 3.63) is 71.8 Å². The number of halogens is 1. The molecule has 0 saturated heterocycles. The topological polar surface area (TPSA) is 62.2 Å². The Balaban J connectivity index is 1.85. The van der Waals surface area contributed by atoms with E-state index in [4.69, 9.17) is 0 Å². The summed E-state index contributed by atoms with van der Waals surface area (Å²) in [5.41, 5.74) is 1.33. The molecule has 0 fully saturated rings. The fraction of sp³-hybridized carbons (Fsp3) is 0.222. The number of nitrogens with zero attached hydrogens (tertiary/aromatic N) is 1. The summed E-state index contributed by atoms with van der Waals surface area (Å²) in [7, 11) is 0. The highest BCUT2D eigenvalue weighted by molar-refractivity contribution is 5.91. The predicted octanol–water partition coefficient (Wildman–Crippen LogP) is 2.86. The standard InChI is InChI=1S/C18H19FN2O2/c1-13(9-17(22)15-5-3-2-4-6-15)21-18(23)8-7-14-10-16(19)12-20-11-14/h2-8,10-13,17,22H,9H2,1H3,(H,21,23)/b8-7+. The Morgan fingerprint density at radius 1 is 1.35 bits per heavy atom. The molecule has 0 saturated carbocycles. The molecule has 2 atom stereocenters. The van der Waals surface area contributed by atoms with Gasteiger partial charge in [0.1, 0.15) is 5.82 Å². The number of benzene rings is 1. The van der Waals surface area contributed by atoms with Gasteiger partial charge >= 0.3 is 0 Å². The summed E-state index contributed by atoms with van der Waals surface area (Å²) in [4.78, 5) is 15.5. The number of aliphatic hydroxyl groups is 1. The Labute approximate surface area is 134 Å². The van der Waals surface area contributed by atoms with Crippen LogP contribution in [-0.4, -0.2) is 22.0 Å². The van der Waals surface area contributed by atoms with E-state index < -0.39 is 11.9 Å². The number of hydrogen-bond donors (Lipinski definition) is 2. The molecule has 0 radical (unpaired) electrons. The number of pyridine rings is 1. The van der Waals surface area contributed by atoms with Gasteiger partial charge in [-0.2, -0.15) is 0 Å². The number of aromatic nitrogens is 1. The van der Waals surface area contributed by atoms with Gasteiger partial charge in [0.15, 0.2) is 0 Å². The first-order chi connectivity index (χ1) is 11.0. The molecule has 1 heterocycles. The second-order valence-corrected chi connectivity index (χ2v) is 5.34. The van der Waals surface area contributed by atoms with Crippen molar-refractivity contribution in [2.24, 2.45) is 0 Å². The summed E-state index contributed by atoms with van der Waals surface area (Å²) in [6.07, 6.45) is 5.15. The minimum Gasteiger partial charge on any atom is -0.388 e. The maximum Gasteiger partial charge on any atom is 0.244 e. The fourth-order valence-electron chi connectivity index (χ4n) is 2.19. The molecule has 0 spiro atoms. The first-order valence-electron chi connectivity index (χ1n) is 7.36. The van der Waals surface area contributed by atoms with Crippen molar-refractivity contribution in [2.75, 3.05) is 0 Å².